The first-order valence-corrected chi connectivity index (χ1v) is 13.3. The van der Waals surface area contributed by atoms with E-state index in [0.717, 1.165) is 44.6 Å². The summed E-state index contributed by atoms with van der Waals surface area (Å²) in [5, 5.41) is 0. The first-order chi connectivity index (χ1) is 22.2. The Kier molecular flexibility index (Phi) is 4.92. The Labute approximate surface area is 245 Å². The Morgan fingerprint density at radius 1 is 0.488 bits per heavy atom. The molecule has 0 saturated heterocycles. The lowest BCUT2D eigenvalue weighted by Crippen LogP contribution is -2.10. The first-order valence-electron chi connectivity index (χ1n) is 15.8. The van der Waals surface area contributed by atoms with Crippen LogP contribution in [0.1, 0.15) is 18.2 Å². The van der Waals surface area contributed by atoms with Crippen LogP contribution in [0.3, 0.4) is 0 Å². The van der Waals surface area contributed by atoms with Crippen LogP contribution in [0.4, 0.5) is 17.1 Å². The third kappa shape index (κ3) is 4.68. The number of fused-ring (bicyclic) bond motifs is 2. The van der Waals surface area contributed by atoms with E-state index in [1.54, 1.807) is 4.90 Å². The van der Waals surface area contributed by atoms with Gasteiger partial charge < -0.3 is 4.90 Å². The smallest absolute Gasteiger partial charge is 0.0922 e. The molecule has 7 aromatic rings. The number of benzene rings is 5. The summed E-state index contributed by atoms with van der Waals surface area (Å²) in [6.07, 6.45) is 0. The van der Waals surface area contributed by atoms with Crippen molar-refractivity contribution in [2.75, 3.05) is 4.90 Å². The van der Waals surface area contributed by atoms with Gasteiger partial charge in [0.15, 0.2) is 0 Å². The lowest BCUT2D eigenvalue weighted by Gasteiger charge is -2.26. The van der Waals surface area contributed by atoms with Crippen LogP contribution >= 0.6 is 0 Å². The number of aryl methyl sites for hydroxylation is 2. The maximum Gasteiger partial charge on any atom is 0.0922 e. The number of aromatic nitrogens is 4. The van der Waals surface area contributed by atoms with Crippen molar-refractivity contribution in [3.63, 3.8) is 0 Å². The third-order valence-corrected chi connectivity index (χ3v) is 6.96. The maximum absolute atomic E-state index is 8.89. The fourth-order valence-corrected chi connectivity index (χ4v) is 5.07. The molecule has 0 atom stereocenters. The SMILES string of the molecule is [2H]c1c([2H])c([2H])c(N(c2cccc(-c3nc4ccccc4nc3C)c2)c2cccc(-c3nc4ccccc4nc3C)c2)c([2H])c1[2H]. The number of para-hydroxylation sites is 5. The van der Waals surface area contributed by atoms with Crippen molar-refractivity contribution in [3.05, 3.63) is 139 Å². The topological polar surface area (TPSA) is 54.8 Å². The molecule has 0 bridgehead atoms. The van der Waals surface area contributed by atoms with Gasteiger partial charge >= 0.3 is 0 Å². The molecule has 0 fully saturated rings. The van der Waals surface area contributed by atoms with Crippen LogP contribution in [0.15, 0.2) is 127 Å². The molecule has 5 nitrogen and oxygen atoms in total. The Hall–Kier alpha value is -5.42. The third-order valence-electron chi connectivity index (χ3n) is 6.96. The Morgan fingerprint density at radius 3 is 1.39 bits per heavy atom. The summed E-state index contributed by atoms with van der Waals surface area (Å²) in [5.41, 5.74) is 8.75. The standard InChI is InChI=1S/C36H27N5/c1-24-35(39-33-20-8-6-18-31(33)37-24)26-12-10-16-29(22-26)41(28-14-4-3-5-15-28)30-17-11-13-27(23-30)36-25(2)38-32-19-7-9-21-34(32)40-36/h3-23H,1-2H3/i3D,4D,5D,14D,15D. The summed E-state index contributed by atoms with van der Waals surface area (Å²) in [5.74, 6) is 0. The highest BCUT2D eigenvalue weighted by Gasteiger charge is 2.17. The van der Waals surface area contributed by atoms with Crippen molar-refractivity contribution in [2.24, 2.45) is 0 Å². The summed E-state index contributed by atoms with van der Waals surface area (Å²) < 4.78 is 42.9. The zero-order chi connectivity index (χ0) is 32.1. The number of hydrogen-bond donors (Lipinski definition) is 0. The van der Waals surface area contributed by atoms with Crippen LogP contribution in [0.5, 0.6) is 0 Å². The Morgan fingerprint density at radius 2 is 0.927 bits per heavy atom. The summed E-state index contributed by atoms with van der Waals surface area (Å²) in [6.45, 7) is 3.82. The molecule has 0 aliphatic heterocycles. The zero-order valence-corrected chi connectivity index (χ0v) is 22.5. The van der Waals surface area contributed by atoms with Crippen molar-refractivity contribution in [1.29, 1.82) is 0 Å². The van der Waals surface area contributed by atoms with Gasteiger partial charge in [-0.15, -0.1) is 0 Å². The molecule has 5 heteroatoms. The minimum Gasteiger partial charge on any atom is -0.310 e. The largest absolute Gasteiger partial charge is 0.310 e. The summed E-state index contributed by atoms with van der Waals surface area (Å²) >= 11 is 0. The second-order valence-electron chi connectivity index (χ2n) is 9.70. The molecular weight excluding hydrogens is 502 g/mol. The highest BCUT2D eigenvalue weighted by molar-refractivity contribution is 5.84. The molecule has 2 heterocycles. The van der Waals surface area contributed by atoms with E-state index >= 15 is 0 Å². The summed E-state index contributed by atoms with van der Waals surface area (Å²) in [7, 11) is 0. The monoisotopic (exact) mass is 534 g/mol. The van der Waals surface area contributed by atoms with E-state index in [9.17, 15) is 0 Å². The molecule has 0 saturated carbocycles. The van der Waals surface area contributed by atoms with Crippen molar-refractivity contribution in [3.8, 4) is 22.5 Å². The van der Waals surface area contributed by atoms with Gasteiger partial charge in [-0.05, 0) is 74.5 Å². The van der Waals surface area contributed by atoms with Gasteiger partial charge in [0.25, 0.3) is 0 Å². The van der Waals surface area contributed by atoms with E-state index < -0.39 is 18.1 Å². The molecule has 196 valence electrons. The van der Waals surface area contributed by atoms with Crippen LogP contribution < -0.4 is 4.90 Å². The second kappa shape index (κ2) is 10.3. The molecule has 0 amide bonds. The lowest BCUT2D eigenvalue weighted by atomic mass is 10.1. The highest BCUT2D eigenvalue weighted by Crippen LogP contribution is 2.38. The average molecular weight is 535 g/mol. The van der Waals surface area contributed by atoms with Gasteiger partial charge in [0.1, 0.15) is 0 Å². The van der Waals surface area contributed by atoms with Gasteiger partial charge in [-0.3, -0.25) is 0 Å². The minimum atomic E-state index is -0.453. The zero-order valence-electron chi connectivity index (χ0n) is 27.5. The van der Waals surface area contributed by atoms with E-state index in [-0.39, 0.29) is 17.8 Å². The predicted octanol–water partition coefficient (Wildman–Crippen LogP) is 8.99. The Balaban J connectivity index is 1.45. The van der Waals surface area contributed by atoms with Gasteiger partial charge in [0, 0.05) is 28.2 Å². The fourth-order valence-electron chi connectivity index (χ4n) is 5.07. The minimum absolute atomic E-state index is 0.0305. The van der Waals surface area contributed by atoms with Gasteiger partial charge in [-0.1, -0.05) is 66.7 Å². The molecular formula is C36H27N5. The van der Waals surface area contributed by atoms with E-state index in [2.05, 4.69) is 0 Å². The maximum atomic E-state index is 8.89. The van der Waals surface area contributed by atoms with Crippen LogP contribution in [0, 0.1) is 13.8 Å². The molecule has 0 spiro atoms. The first kappa shape index (κ1) is 19.6. The summed E-state index contributed by atoms with van der Waals surface area (Å²) in [6, 6.07) is 28.5. The number of nitrogens with zero attached hydrogens (tertiary/aromatic N) is 5. The second-order valence-corrected chi connectivity index (χ2v) is 9.70. The van der Waals surface area contributed by atoms with E-state index in [0.29, 0.717) is 22.8 Å². The molecule has 0 radical (unpaired) electrons. The number of rotatable bonds is 5. The normalized spacial score (nSPS) is 12.9. The molecule has 0 aliphatic rings. The van der Waals surface area contributed by atoms with Crippen molar-refractivity contribution in [2.45, 2.75) is 13.8 Å². The van der Waals surface area contributed by atoms with Crippen LogP contribution in [-0.2, 0) is 0 Å². The number of anilines is 3. The van der Waals surface area contributed by atoms with Gasteiger partial charge in [0.05, 0.1) is 51.7 Å². The summed E-state index contributed by atoms with van der Waals surface area (Å²) in [4.78, 5) is 21.0. The van der Waals surface area contributed by atoms with Crippen molar-refractivity contribution >= 4 is 39.1 Å². The lowest BCUT2D eigenvalue weighted by molar-refractivity contribution is 1.18. The van der Waals surface area contributed by atoms with Gasteiger partial charge in [-0.25, -0.2) is 19.9 Å². The molecule has 41 heavy (non-hydrogen) atoms. The van der Waals surface area contributed by atoms with Crippen LogP contribution in [0.25, 0.3) is 44.6 Å². The van der Waals surface area contributed by atoms with E-state index in [4.69, 9.17) is 26.8 Å². The number of hydrogen-bond acceptors (Lipinski definition) is 5. The van der Waals surface area contributed by atoms with Gasteiger partial charge in [0.2, 0.25) is 0 Å². The highest BCUT2D eigenvalue weighted by atomic mass is 15.1. The van der Waals surface area contributed by atoms with Crippen molar-refractivity contribution < 1.29 is 6.85 Å². The molecule has 0 N–H and O–H groups in total. The molecule has 5 aromatic carbocycles. The molecule has 0 aliphatic carbocycles. The quantitative estimate of drug-likeness (QED) is 0.221. The predicted molar refractivity (Wildman–Crippen MR) is 168 cm³/mol. The van der Waals surface area contributed by atoms with Crippen LogP contribution in [0.2, 0.25) is 0 Å². The molecule has 2 aromatic heterocycles. The van der Waals surface area contributed by atoms with Gasteiger partial charge in [-0.2, -0.15) is 0 Å². The fraction of sp³-hybridized carbons (Fsp3) is 0.0556. The Bertz CT molecular complexity index is 2170. The van der Waals surface area contributed by atoms with E-state index in [1.807, 2.05) is 111 Å². The van der Waals surface area contributed by atoms with E-state index in [1.165, 1.54) is 0 Å². The van der Waals surface area contributed by atoms with Crippen molar-refractivity contribution in [1.82, 2.24) is 19.9 Å². The average Bonchev–Trinajstić information content (AvgIpc) is 3.08. The molecule has 7 rings (SSSR count). The van der Waals surface area contributed by atoms with Crippen LogP contribution in [-0.4, -0.2) is 19.9 Å². The molecule has 0 unspecified atom stereocenters.